The topological polar surface area (TPSA) is 92.7 Å². The van der Waals surface area contributed by atoms with Gasteiger partial charge in [0, 0.05) is 0 Å². The van der Waals surface area contributed by atoms with E-state index in [4.69, 9.17) is 4.74 Å². The molecule has 114 valence electrons. The van der Waals surface area contributed by atoms with Crippen LogP contribution in [0.3, 0.4) is 0 Å². The lowest BCUT2D eigenvalue weighted by Gasteiger charge is -2.29. The molecule has 1 atom stereocenters. The highest BCUT2D eigenvalue weighted by atomic mass is 16.5. The summed E-state index contributed by atoms with van der Waals surface area (Å²) >= 11 is 0. The number of fused-ring (bicyclic) bond motifs is 1. The van der Waals surface area contributed by atoms with E-state index >= 15 is 0 Å². The van der Waals surface area contributed by atoms with Gasteiger partial charge in [0.2, 0.25) is 5.91 Å². The van der Waals surface area contributed by atoms with E-state index in [-0.39, 0.29) is 25.2 Å². The van der Waals surface area contributed by atoms with E-state index in [0.717, 1.165) is 0 Å². The van der Waals surface area contributed by atoms with E-state index in [0.29, 0.717) is 11.3 Å². The second kappa shape index (κ2) is 5.29. The molecule has 1 amide bonds. The molecule has 2 N–H and O–H groups in total. The van der Waals surface area contributed by atoms with Crippen molar-refractivity contribution in [3.8, 4) is 5.75 Å². The Balaban J connectivity index is 1.78. The number of carboxylic acids is 1. The number of carboxylic acid groups (broad SMARTS) is 1. The van der Waals surface area contributed by atoms with Crippen molar-refractivity contribution in [2.45, 2.75) is 18.9 Å². The van der Waals surface area contributed by atoms with Crippen LogP contribution in [0.15, 0.2) is 36.4 Å². The van der Waals surface area contributed by atoms with E-state index in [1.54, 1.807) is 36.4 Å². The van der Waals surface area contributed by atoms with Crippen LogP contribution < -0.4 is 10.1 Å². The average molecular weight is 301 g/mol. The molecular weight excluding hydrogens is 286 g/mol. The zero-order valence-electron chi connectivity index (χ0n) is 11.7. The summed E-state index contributed by atoms with van der Waals surface area (Å²) in [6, 6.07) is 5.92. The van der Waals surface area contributed by atoms with Crippen molar-refractivity contribution in [2.24, 2.45) is 5.41 Å². The van der Waals surface area contributed by atoms with Gasteiger partial charge >= 0.3 is 5.97 Å². The number of benzene rings is 1. The normalized spacial score (nSPS) is 21.8. The summed E-state index contributed by atoms with van der Waals surface area (Å²) in [6.07, 6.45) is 3.60. The summed E-state index contributed by atoms with van der Waals surface area (Å²) in [4.78, 5) is 36.2. The molecular formula is C16H15NO5. The molecule has 1 aromatic rings. The fourth-order valence-electron chi connectivity index (χ4n) is 2.75. The zero-order valence-corrected chi connectivity index (χ0v) is 11.7. The van der Waals surface area contributed by atoms with Gasteiger partial charge in [0.1, 0.15) is 18.4 Å². The standard InChI is InChI=1S/C16H15NO5/c18-13-10-5-1-2-6-12(10)22-9-11(13)17-14(19)16(15(20)21)7-3-4-8-16/h1-6,11H,7-9H2,(H,17,19)(H,20,21). The van der Waals surface area contributed by atoms with Crippen LogP contribution in [0.4, 0.5) is 0 Å². The van der Waals surface area contributed by atoms with Gasteiger partial charge < -0.3 is 15.2 Å². The van der Waals surface area contributed by atoms with Gasteiger partial charge in [-0.1, -0.05) is 24.3 Å². The number of para-hydroxylation sites is 1. The van der Waals surface area contributed by atoms with Gasteiger partial charge in [-0.2, -0.15) is 0 Å². The van der Waals surface area contributed by atoms with Crippen LogP contribution in [0.25, 0.3) is 0 Å². The summed E-state index contributed by atoms with van der Waals surface area (Å²) in [7, 11) is 0. The second-order valence-corrected chi connectivity index (χ2v) is 5.46. The molecule has 2 aliphatic rings. The van der Waals surface area contributed by atoms with Crippen LogP contribution in [-0.2, 0) is 9.59 Å². The van der Waals surface area contributed by atoms with Crippen LogP contribution in [0.2, 0.25) is 0 Å². The molecule has 0 spiro atoms. The third kappa shape index (κ3) is 2.16. The fraction of sp³-hybridized carbons (Fsp3) is 0.312. The number of amides is 1. The van der Waals surface area contributed by atoms with Crippen molar-refractivity contribution in [3.05, 3.63) is 42.0 Å². The Bertz CT molecular complexity index is 671. The first-order chi connectivity index (χ1) is 10.5. The lowest BCUT2D eigenvalue weighted by molar-refractivity contribution is -0.155. The highest BCUT2D eigenvalue weighted by molar-refractivity contribution is 6.08. The minimum absolute atomic E-state index is 0.00468. The molecule has 1 aliphatic carbocycles. The first-order valence-electron chi connectivity index (χ1n) is 7.00. The maximum atomic E-state index is 12.4. The predicted octanol–water partition coefficient (Wildman–Crippen LogP) is 1.17. The highest BCUT2D eigenvalue weighted by Crippen LogP contribution is 2.34. The zero-order chi connectivity index (χ0) is 15.7. The van der Waals surface area contributed by atoms with Crippen molar-refractivity contribution >= 4 is 17.7 Å². The largest absolute Gasteiger partial charge is 0.490 e. The molecule has 1 heterocycles. The molecule has 1 aromatic carbocycles. The summed E-state index contributed by atoms with van der Waals surface area (Å²) in [5.74, 6) is -1.61. The summed E-state index contributed by atoms with van der Waals surface area (Å²) < 4.78 is 5.46. The van der Waals surface area contributed by atoms with Gasteiger partial charge in [0.05, 0.1) is 5.56 Å². The van der Waals surface area contributed by atoms with Gasteiger partial charge in [0.25, 0.3) is 0 Å². The Kier molecular flexibility index (Phi) is 3.44. The Morgan fingerprint density at radius 3 is 2.59 bits per heavy atom. The fourth-order valence-corrected chi connectivity index (χ4v) is 2.75. The van der Waals surface area contributed by atoms with Crippen molar-refractivity contribution < 1.29 is 24.2 Å². The maximum Gasteiger partial charge on any atom is 0.319 e. The first-order valence-corrected chi connectivity index (χ1v) is 7.00. The number of aliphatic carboxylic acids is 1. The molecule has 1 unspecified atom stereocenters. The van der Waals surface area contributed by atoms with Gasteiger partial charge in [-0.15, -0.1) is 0 Å². The minimum atomic E-state index is -1.52. The molecule has 6 heteroatoms. The molecule has 22 heavy (non-hydrogen) atoms. The number of allylic oxidation sites excluding steroid dienone is 2. The lowest BCUT2D eigenvalue weighted by atomic mass is 9.84. The molecule has 0 fully saturated rings. The summed E-state index contributed by atoms with van der Waals surface area (Å²) in [5, 5.41) is 11.9. The van der Waals surface area contributed by atoms with E-state index in [9.17, 15) is 19.5 Å². The quantitative estimate of drug-likeness (QED) is 0.646. The molecule has 6 nitrogen and oxygen atoms in total. The Morgan fingerprint density at radius 1 is 1.23 bits per heavy atom. The van der Waals surface area contributed by atoms with Crippen molar-refractivity contribution in [2.75, 3.05) is 6.61 Å². The Labute approximate surface area is 126 Å². The van der Waals surface area contributed by atoms with Crippen LogP contribution in [-0.4, -0.2) is 35.4 Å². The Morgan fingerprint density at radius 2 is 1.91 bits per heavy atom. The molecule has 0 bridgehead atoms. The molecule has 0 saturated carbocycles. The highest BCUT2D eigenvalue weighted by Gasteiger charge is 2.47. The minimum Gasteiger partial charge on any atom is -0.490 e. The van der Waals surface area contributed by atoms with Crippen molar-refractivity contribution in [1.82, 2.24) is 5.32 Å². The smallest absolute Gasteiger partial charge is 0.319 e. The Hall–Kier alpha value is -2.63. The third-order valence-corrected chi connectivity index (χ3v) is 4.12. The monoisotopic (exact) mass is 301 g/mol. The number of hydrogen-bond acceptors (Lipinski definition) is 4. The maximum absolute atomic E-state index is 12.4. The van der Waals surface area contributed by atoms with Crippen LogP contribution in [0.5, 0.6) is 5.75 Å². The van der Waals surface area contributed by atoms with Gasteiger partial charge in [-0.05, 0) is 25.0 Å². The van der Waals surface area contributed by atoms with Crippen molar-refractivity contribution in [3.63, 3.8) is 0 Å². The molecule has 0 saturated heterocycles. The van der Waals surface area contributed by atoms with E-state index < -0.39 is 23.3 Å². The van der Waals surface area contributed by atoms with Gasteiger partial charge in [0.15, 0.2) is 11.2 Å². The molecule has 0 radical (unpaired) electrons. The van der Waals surface area contributed by atoms with E-state index in [2.05, 4.69) is 5.32 Å². The first kappa shape index (κ1) is 14.3. The third-order valence-electron chi connectivity index (χ3n) is 4.12. The number of nitrogens with one attached hydrogen (secondary N) is 1. The number of rotatable bonds is 3. The predicted molar refractivity (Wildman–Crippen MR) is 76.6 cm³/mol. The molecule has 3 rings (SSSR count). The lowest BCUT2D eigenvalue weighted by Crippen LogP contribution is -2.53. The number of Topliss-reactive ketones (excluding diaryl/α,β-unsaturated/α-hetero) is 1. The van der Waals surface area contributed by atoms with Gasteiger partial charge in [-0.3, -0.25) is 14.4 Å². The number of hydrogen-bond donors (Lipinski definition) is 2. The van der Waals surface area contributed by atoms with Crippen LogP contribution >= 0.6 is 0 Å². The van der Waals surface area contributed by atoms with Gasteiger partial charge in [-0.25, -0.2) is 0 Å². The number of carbonyl (C=O) groups excluding carboxylic acids is 2. The number of ether oxygens (including phenoxy) is 1. The van der Waals surface area contributed by atoms with Crippen LogP contribution in [0.1, 0.15) is 23.2 Å². The number of ketones is 1. The molecule has 1 aliphatic heterocycles. The summed E-state index contributed by atoms with van der Waals surface area (Å²) in [6.45, 7) is 0.00468. The van der Waals surface area contributed by atoms with E-state index in [1.165, 1.54) is 0 Å². The number of carbonyl (C=O) groups is 3. The van der Waals surface area contributed by atoms with E-state index in [1.807, 2.05) is 0 Å². The summed E-state index contributed by atoms with van der Waals surface area (Å²) in [5.41, 5.74) is -1.12. The SMILES string of the molecule is O=C1c2ccccc2OCC1NC(=O)C1(C(=O)O)CC=CC1. The molecule has 0 aromatic heterocycles. The van der Waals surface area contributed by atoms with Crippen molar-refractivity contribution in [1.29, 1.82) is 0 Å². The second-order valence-electron chi connectivity index (χ2n) is 5.46. The van der Waals surface area contributed by atoms with Crippen LogP contribution in [0, 0.1) is 5.41 Å². The average Bonchev–Trinajstić information content (AvgIpc) is 3.01.